The zero-order valence-corrected chi connectivity index (χ0v) is 12.6. The summed E-state index contributed by atoms with van der Waals surface area (Å²) >= 11 is 0. The third kappa shape index (κ3) is 5.09. The van der Waals surface area contributed by atoms with Gasteiger partial charge in [0.15, 0.2) is 0 Å². The molecule has 112 valence electrons. The van der Waals surface area contributed by atoms with Crippen molar-refractivity contribution in [3.8, 4) is 5.75 Å². The van der Waals surface area contributed by atoms with Crippen LogP contribution in [0.25, 0.3) is 0 Å². The lowest BCUT2D eigenvalue weighted by Gasteiger charge is -2.25. The van der Waals surface area contributed by atoms with Gasteiger partial charge in [-0.15, -0.1) is 0 Å². The SMILES string of the molecule is CCN(CCO)C(=O)Nc1ccccc1OC(C)(C)C. The molecular weight excluding hydrogens is 256 g/mol. The highest BCUT2D eigenvalue weighted by Gasteiger charge is 2.17. The van der Waals surface area contributed by atoms with Gasteiger partial charge >= 0.3 is 6.03 Å². The minimum Gasteiger partial charge on any atom is -0.486 e. The number of ether oxygens (including phenoxy) is 1. The molecule has 2 N–H and O–H groups in total. The van der Waals surface area contributed by atoms with E-state index in [1.165, 1.54) is 4.90 Å². The lowest BCUT2D eigenvalue weighted by molar-refractivity contribution is 0.131. The average Bonchev–Trinajstić information content (AvgIpc) is 2.36. The zero-order valence-electron chi connectivity index (χ0n) is 12.6. The van der Waals surface area contributed by atoms with Gasteiger partial charge in [-0.05, 0) is 39.8 Å². The van der Waals surface area contributed by atoms with E-state index < -0.39 is 0 Å². The number of para-hydroxylation sites is 2. The van der Waals surface area contributed by atoms with Gasteiger partial charge in [-0.25, -0.2) is 4.79 Å². The van der Waals surface area contributed by atoms with Gasteiger partial charge in [-0.3, -0.25) is 0 Å². The number of nitrogens with zero attached hydrogens (tertiary/aromatic N) is 1. The van der Waals surface area contributed by atoms with Crippen LogP contribution in [-0.4, -0.2) is 41.3 Å². The fourth-order valence-electron chi connectivity index (χ4n) is 1.71. The van der Waals surface area contributed by atoms with E-state index in [-0.39, 0.29) is 18.2 Å². The number of carbonyl (C=O) groups is 1. The van der Waals surface area contributed by atoms with Gasteiger partial charge in [0, 0.05) is 13.1 Å². The molecule has 0 aliphatic heterocycles. The average molecular weight is 280 g/mol. The molecular formula is C15H24N2O3. The number of nitrogens with one attached hydrogen (secondary N) is 1. The molecule has 5 heteroatoms. The van der Waals surface area contributed by atoms with E-state index in [0.717, 1.165) is 0 Å². The highest BCUT2D eigenvalue weighted by Crippen LogP contribution is 2.27. The lowest BCUT2D eigenvalue weighted by Crippen LogP contribution is -2.37. The van der Waals surface area contributed by atoms with E-state index in [1.54, 1.807) is 6.07 Å². The maximum Gasteiger partial charge on any atom is 0.322 e. The highest BCUT2D eigenvalue weighted by molar-refractivity contribution is 5.91. The van der Waals surface area contributed by atoms with Crippen molar-refractivity contribution >= 4 is 11.7 Å². The fourth-order valence-corrected chi connectivity index (χ4v) is 1.71. The zero-order chi connectivity index (χ0) is 15.2. The summed E-state index contributed by atoms with van der Waals surface area (Å²) in [5.74, 6) is 0.633. The second-order valence-corrected chi connectivity index (χ2v) is 5.44. The number of rotatable bonds is 5. The van der Waals surface area contributed by atoms with Gasteiger partial charge in [0.25, 0.3) is 0 Å². The van der Waals surface area contributed by atoms with Crippen LogP contribution < -0.4 is 10.1 Å². The van der Waals surface area contributed by atoms with Gasteiger partial charge in [-0.1, -0.05) is 12.1 Å². The van der Waals surface area contributed by atoms with Gasteiger partial charge in [0.05, 0.1) is 12.3 Å². The fraction of sp³-hybridized carbons (Fsp3) is 0.533. The smallest absolute Gasteiger partial charge is 0.322 e. The van der Waals surface area contributed by atoms with E-state index in [4.69, 9.17) is 9.84 Å². The predicted octanol–water partition coefficient (Wildman–Crippen LogP) is 2.71. The van der Waals surface area contributed by atoms with E-state index in [0.29, 0.717) is 24.5 Å². The number of hydrogen-bond acceptors (Lipinski definition) is 3. The molecule has 0 aliphatic carbocycles. The number of urea groups is 1. The maximum absolute atomic E-state index is 12.1. The van der Waals surface area contributed by atoms with Crippen molar-refractivity contribution in [2.24, 2.45) is 0 Å². The molecule has 0 bridgehead atoms. The van der Waals surface area contributed by atoms with E-state index in [9.17, 15) is 4.79 Å². The van der Waals surface area contributed by atoms with Gasteiger partial charge in [-0.2, -0.15) is 0 Å². The standard InChI is InChI=1S/C15H24N2O3/c1-5-17(10-11-18)14(19)16-12-8-6-7-9-13(12)20-15(2,3)4/h6-9,18H,5,10-11H2,1-4H3,(H,16,19). The molecule has 0 heterocycles. The van der Waals surface area contributed by atoms with E-state index in [2.05, 4.69) is 5.32 Å². The van der Waals surface area contributed by atoms with Gasteiger partial charge < -0.3 is 20.1 Å². The Morgan fingerprint density at radius 1 is 1.35 bits per heavy atom. The third-order valence-electron chi connectivity index (χ3n) is 2.58. The number of benzene rings is 1. The van der Waals surface area contributed by atoms with E-state index in [1.807, 2.05) is 45.9 Å². The molecule has 0 spiro atoms. The first-order valence-corrected chi connectivity index (χ1v) is 6.82. The van der Waals surface area contributed by atoms with Crippen LogP contribution in [0.2, 0.25) is 0 Å². The maximum atomic E-state index is 12.1. The molecule has 1 rings (SSSR count). The molecule has 20 heavy (non-hydrogen) atoms. The predicted molar refractivity (Wildman–Crippen MR) is 80.2 cm³/mol. The summed E-state index contributed by atoms with van der Waals surface area (Å²) in [6.07, 6.45) is 0. The summed E-state index contributed by atoms with van der Waals surface area (Å²) in [7, 11) is 0. The van der Waals surface area contributed by atoms with Crippen LogP contribution in [0.15, 0.2) is 24.3 Å². The number of aliphatic hydroxyl groups is 1. The Morgan fingerprint density at radius 2 is 2.00 bits per heavy atom. The minimum atomic E-state index is -0.337. The number of anilines is 1. The van der Waals surface area contributed by atoms with Crippen LogP contribution in [0.3, 0.4) is 0 Å². The summed E-state index contributed by atoms with van der Waals surface area (Å²) in [5.41, 5.74) is 0.292. The summed E-state index contributed by atoms with van der Waals surface area (Å²) in [6, 6.07) is 7.08. The van der Waals surface area contributed by atoms with Gasteiger partial charge in [0.2, 0.25) is 0 Å². The second-order valence-electron chi connectivity index (χ2n) is 5.44. The van der Waals surface area contributed by atoms with Gasteiger partial charge in [0.1, 0.15) is 11.4 Å². The molecule has 1 aromatic rings. The monoisotopic (exact) mass is 280 g/mol. The number of likely N-dealkylation sites (N-methyl/N-ethyl adjacent to an activating group) is 1. The number of carbonyl (C=O) groups excluding carboxylic acids is 1. The first-order valence-electron chi connectivity index (χ1n) is 6.82. The quantitative estimate of drug-likeness (QED) is 0.871. The van der Waals surface area contributed by atoms with Crippen LogP contribution in [-0.2, 0) is 0 Å². The first kappa shape index (κ1) is 16.3. The highest BCUT2D eigenvalue weighted by atomic mass is 16.5. The summed E-state index contributed by atoms with van der Waals surface area (Å²) in [4.78, 5) is 13.6. The Hall–Kier alpha value is -1.75. The molecule has 0 saturated heterocycles. The summed E-state index contributed by atoms with van der Waals surface area (Å²) in [6.45, 7) is 8.52. The second kappa shape index (κ2) is 7.14. The molecule has 0 fully saturated rings. The summed E-state index contributed by atoms with van der Waals surface area (Å²) in [5, 5.41) is 11.8. The normalized spacial score (nSPS) is 11.1. The van der Waals surface area contributed by atoms with Crippen molar-refractivity contribution < 1.29 is 14.6 Å². The first-order chi connectivity index (χ1) is 9.37. The van der Waals surface area contributed by atoms with Crippen LogP contribution in [0, 0.1) is 0 Å². The van der Waals surface area contributed by atoms with Crippen molar-refractivity contribution in [2.75, 3.05) is 25.0 Å². The Morgan fingerprint density at radius 3 is 2.55 bits per heavy atom. The number of amides is 2. The molecule has 0 aromatic heterocycles. The third-order valence-corrected chi connectivity index (χ3v) is 2.58. The van der Waals surface area contributed by atoms with Crippen LogP contribution in [0.5, 0.6) is 5.75 Å². The van der Waals surface area contributed by atoms with Crippen LogP contribution >= 0.6 is 0 Å². The summed E-state index contributed by atoms with van der Waals surface area (Å²) < 4.78 is 5.82. The lowest BCUT2D eigenvalue weighted by atomic mass is 10.2. The Kier molecular flexibility index (Phi) is 5.82. The molecule has 0 atom stereocenters. The van der Waals surface area contributed by atoms with Crippen molar-refractivity contribution in [2.45, 2.75) is 33.3 Å². The van der Waals surface area contributed by atoms with Crippen molar-refractivity contribution in [1.29, 1.82) is 0 Å². The Balaban J connectivity index is 2.84. The molecule has 0 unspecified atom stereocenters. The molecule has 0 aliphatic rings. The number of aliphatic hydroxyl groups excluding tert-OH is 1. The largest absolute Gasteiger partial charge is 0.486 e. The minimum absolute atomic E-state index is 0.0542. The molecule has 5 nitrogen and oxygen atoms in total. The Bertz CT molecular complexity index is 441. The molecule has 0 saturated carbocycles. The van der Waals surface area contributed by atoms with Crippen LogP contribution in [0.4, 0.5) is 10.5 Å². The van der Waals surface area contributed by atoms with Crippen molar-refractivity contribution in [3.63, 3.8) is 0 Å². The van der Waals surface area contributed by atoms with Crippen molar-refractivity contribution in [3.05, 3.63) is 24.3 Å². The number of hydrogen-bond donors (Lipinski definition) is 2. The molecule has 0 radical (unpaired) electrons. The molecule has 2 amide bonds. The van der Waals surface area contributed by atoms with Crippen LogP contribution in [0.1, 0.15) is 27.7 Å². The van der Waals surface area contributed by atoms with Crippen molar-refractivity contribution in [1.82, 2.24) is 4.90 Å². The van der Waals surface area contributed by atoms with E-state index >= 15 is 0 Å². The topological polar surface area (TPSA) is 61.8 Å². The Labute approximate surface area is 120 Å². The molecule has 1 aromatic carbocycles.